The van der Waals surface area contributed by atoms with Gasteiger partial charge in [-0.3, -0.25) is 0 Å². The van der Waals surface area contributed by atoms with E-state index in [9.17, 15) is 0 Å². The predicted molar refractivity (Wildman–Crippen MR) is 85.6 cm³/mol. The molecule has 0 bridgehead atoms. The zero-order valence-corrected chi connectivity index (χ0v) is 13.1. The van der Waals surface area contributed by atoms with Gasteiger partial charge >= 0.3 is 0 Å². The summed E-state index contributed by atoms with van der Waals surface area (Å²) in [6.07, 6.45) is 0. The van der Waals surface area contributed by atoms with E-state index in [1.165, 1.54) is 0 Å². The third kappa shape index (κ3) is 3.33. The van der Waals surface area contributed by atoms with Gasteiger partial charge in [-0.15, -0.1) is 0 Å². The number of hydrogen-bond acceptors (Lipinski definition) is 2. The zero-order valence-electron chi connectivity index (χ0n) is 9.28. The summed E-state index contributed by atoms with van der Waals surface area (Å²) in [5, 5.41) is 4.97. The van der Waals surface area contributed by atoms with Gasteiger partial charge in [0.25, 0.3) is 0 Å². The summed E-state index contributed by atoms with van der Waals surface area (Å²) in [4.78, 5) is 0. The minimum absolute atomic E-state index is 0.374. The van der Waals surface area contributed by atoms with Crippen molar-refractivity contribution in [3.63, 3.8) is 0 Å². The van der Waals surface area contributed by atoms with Crippen molar-refractivity contribution < 1.29 is 0 Å². The van der Waals surface area contributed by atoms with Crippen molar-refractivity contribution in [3.8, 4) is 0 Å². The van der Waals surface area contributed by atoms with Crippen molar-refractivity contribution >= 4 is 75.1 Å². The standard InChI is InChI=1S/C12H7Cl5N2/c13-5-1-9(17)11(3-7(5)15)19-12-4-8(16)6(14)2-10(12)18/h1-4,19H,18H2. The van der Waals surface area contributed by atoms with Gasteiger partial charge in [0.1, 0.15) is 0 Å². The van der Waals surface area contributed by atoms with E-state index in [4.69, 9.17) is 63.7 Å². The molecule has 0 aliphatic carbocycles. The van der Waals surface area contributed by atoms with E-state index in [1.807, 2.05) is 0 Å². The Bertz CT molecular complexity index is 587. The number of hydrogen-bond donors (Lipinski definition) is 2. The second kappa shape index (κ2) is 5.86. The van der Waals surface area contributed by atoms with Crippen LogP contribution >= 0.6 is 58.0 Å². The summed E-state index contributed by atoms with van der Waals surface area (Å²) >= 11 is 29.7. The predicted octanol–water partition coefficient (Wildman–Crippen LogP) is 6.28. The summed E-state index contributed by atoms with van der Waals surface area (Å²) in [6.45, 7) is 0. The summed E-state index contributed by atoms with van der Waals surface area (Å²) in [7, 11) is 0. The maximum Gasteiger partial charge on any atom is 0.0656 e. The molecule has 7 heteroatoms. The molecule has 0 amide bonds. The van der Waals surface area contributed by atoms with Crippen LogP contribution in [-0.4, -0.2) is 0 Å². The molecule has 0 saturated carbocycles. The number of nitrogens with two attached hydrogens (primary N) is 1. The average Bonchev–Trinajstić information content (AvgIpc) is 2.32. The first kappa shape index (κ1) is 14.9. The Balaban J connectivity index is 2.42. The van der Waals surface area contributed by atoms with Crippen LogP contribution in [0.3, 0.4) is 0 Å². The Morgan fingerprint density at radius 1 is 0.632 bits per heavy atom. The van der Waals surface area contributed by atoms with Crippen LogP contribution in [0.15, 0.2) is 24.3 Å². The molecule has 0 spiro atoms. The Morgan fingerprint density at radius 3 is 1.74 bits per heavy atom. The normalized spacial score (nSPS) is 10.6. The highest BCUT2D eigenvalue weighted by Crippen LogP contribution is 2.37. The number of benzene rings is 2. The number of anilines is 3. The second-order valence-corrected chi connectivity index (χ2v) is 5.76. The lowest BCUT2D eigenvalue weighted by Crippen LogP contribution is -1.97. The highest BCUT2D eigenvalue weighted by atomic mass is 35.5. The minimum atomic E-state index is 0.374. The maximum atomic E-state index is 6.07. The first-order valence-corrected chi connectivity index (χ1v) is 6.93. The van der Waals surface area contributed by atoms with Crippen molar-refractivity contribution in [1.29, 1.82) is 0 Å². The molecular weight excluding hydrogens is 349 g/mol. The molecule has 0 aliphatic rings. The van der Waals surface area contributed by atoms with Gasteiger partial charge in [-0.05, 0) is 24.3 Å². The molecule has 2 rings (SSSR count). The molecule has 0 aromatic heterocycles. The van der Waals surface area contributed by atoms with Crippen LogP contribution in [0.5, 0.6) is 0 Å². The van der Waals surface area contributed by atoms with Gasteiger partial charge in [0.15, 0.2) is 0 Å². The molecule has 100 valence electrons. The molecule has 0 atom stereocenters. The first-order valence-electron chi connectivity index (χ1n) is 5.04. The van der Waals surface area contributed by atoms with Crippen LogP contribution in [0.4, 0.5) is 17.1 Å². The Morgan fingerprint density at radius 2 is 1.11 bits per heavy atom. The van der Waals surface area contributed by atoms with E-state index < -0.39 is 0 Å². The van der Waals surface area contributed by atoms with Crippen molar-refractivity contribution in [3.05, 3.63) is 49.4 Å². The first-order chi connectivity index (χ1) is 8.88. The second-order valence-electron chi connectivity index (χ2n) is 3.72. The van der Waals surface area contributed by atoms with Gasteiger partial charge in [0.05, 0.1) is 42.2 Å². The number of nitrogens with one attached hydrogen (secondary N) is 1. The lowest BCUT2D eigenvalue weighted by Gasteiger charge is -2.13. The van der Waals surface area contributed by atoms with E-state index in [2.05, 4.69) is 5.32 Å². The average molecular weight is 356 g/mol. The third-order valence-electron chi connectivity index (χ3n) is 2.37. The topological polar surface area (TPSA) is 38.0 Å². The van der Waals surface area contributed by atoms with Gasteiger partial charge in [0.2, 0.25) is 0 Å². The molecule has 0 radical (unpaired) electrons. The largest absolute Gasteiger partial charge is 0.397 e. The Hall–Kier alpha value is -0.510. The summed E-state index contributed by atoms with van der Waals surface area (Å²) in [6, 6.07) is 6.31. The molecule has 0 unspecified atom stereocenters. The van der Waals surface area contributed by atoms with Gasteiger partial charge in [-0.2, -0.15) is 0 Å². The summed E-state index contributed by atoms with van der Waals surface area (Å²) < 4.78 is 0. The lowest BCUT2D eigenvalue weighted by molar-refractivity contribution is 1.54. The Kier molecular flexibility index (Phi) is 4.59. The Labute approximate surface area is 135 Å². The molecule has 0 fully saturated rings. The molecule has 0 heterocycles. The van der Waals surface area contributed by atoms with Gasteiger partial charge in [0, 0.05) is 0 Å². The molecule has 2 aromatic rings. The monoisotopic (exact) mass is 354 g/mol. The highest BCUT2D eigenvalue weighted by Gasteiger charge is 2.09. The van der Waals surface area contributed by atoms with Crippen LogP contribution in [0.1, 0.15) is 0 Å². The quantitative estimate of drug-likeness (QED) is 0.491. The van der Waals surface area contributed by atoms with Crippen molar-refractivity contribution in [1.82, 2.24) is 0 Å². The molecule has 19 heavy (non-hydrogen) atoms. The molecule has 2 nitrogen and oxygen atoms in total. The fraction of sp³-hybridized carbons (Fsp3) is 0. The van der Waals surface area contributed by atoms with Crippen LogP contribution < -0.4 is 11.1 Å². The molecular formula is C12H7Cl5N2. The van der Waals surface area contributed by atoms with E-state index >= 15 is 0 Å². The highest BCUT2D eigenvalue weighted by molar-refractivity contribution is 6.44. The minimum Gasteiger partial charge on any atom is -0.397 e. The van der Waals surface area contributed by atoms with E-state index in [-0.39, 0.29) is 0 Å². The van der Waals surface area contributed by atoms with Crippen molar-refractivity contribution in [2.45, 2.75) is 0 Å². The number of nitrogen functional groups attached to an aromatic ring is 1. The van der Waals surface area contributed by atoms with E-state index in [1.54, 1.807) is 24.3 Å². The SMILES string of the molecule is Nc1cc(Cl)c(Cl)cc1Nc1cc(Cl)c(Cl)cc1Cl. The maximum absolute atomic E-state index is 6.07. The van der Waals surface area contributed by atoms with Gasteiger partial charge in [-0.25, -0.2) is 0 Å². The smallest absolute Gasteiger partial charge is 0.0656 e. The third-order valence-corrected chi connectivity index (χ3v) is 4.13. The van der Waals surface area contributed by atoms with Crippen LogP contribution in [0.25, 0.3) is 0 Å². The fourth-order valence-electron chi connectivity index (χ4n) is 1.43. The zero-order chi connectivity index (χ0) is 14.2. The molecule has 2 aromatic carbocycles. The molecule has 0 saturated heterocycles. The summed E-state index contributed by atoms with van der Waals surface area (Å²) in [5.74, 6) is 0. The molecule has 0 aliphatic heterocycles. The van der Waals surface area contributed by atoms with Crippen LogP contribution in [0, 0.1) is 0 Å². The summed E-state index contributed by atoms with van der Waals surface area (Å²) in [5.41, 5.74) is 7.44. The number of halogens is 5. The van der Waals surface area contributed by atoms with Crippen molar-refractivity contribution in [2.24, 2.45) is 0 Å². The van der Waals surface area contributed by atoms with Crippen LogP contribution in [0.2, 0.25) is 25.1 Å². The van der Waals surface area contributed by atoms with Crippen LogP contribution in [-0.2, 0) is 0 Å². The van der Waals surface area contributed by atoms with Gasteiger partial charge < -0.3 is 11.1 Å². The fourth-order valence-corrected chi connectivity index (χ4v) is 2.36. The molecule has 3 N–H and O–H groups in total. The lowest BCUT2D eigenvalue weighted by atomic mass is 10.2. The van der Waals surface area contributed by atoms with E-state index in [0.717, 1.165) is 0 Å². The van der Waals surface area contributed by atoms with E-state index in [0.29, 0.717) is 42.2 Å². The van der Waals surface area contributed by atoms with Crippen molar-refractivity contribution in [2.75, 3.05) is 11.1 Å². The van der Waals surface area contributed by atoms with Gasteiger partial charge in [-0.1, -0.05) is 58.0 Å². The number of rotatable bonds is 2.